The molecule has 1 aromatic carbocycles. The summed E-state index contributed by atoms with van der Waals surface area (Å²) in [5.74, 6) is 1.45. The van der Waals surface area contributed by atoms with Crippen LogP contribution in [0.4, 0.5) is 11.6 Å². The predicted octanol–water partition coefficient (Wildman–Crippen LogP) is 4.07. The number of nitrogens with one attached hydrogen (secondary N) is 3. The molecule has 0 unspecified atom stereocenters. The van der Waals surface area contributed by atoms with Crippen molar-refractivity contribution >= 4 is 34.9 Å². The highest BCUT2D eigenvalue weighted by Gasteiger charge is 2.08. The molecule has 0 saturated heterocycles. The molecule has 2 rings (SSSR count). The Bertz CT molecular complexity index is 796. The van der Waals surface area contributed by atoms with Gasteiger partial charge in [0.1, 0.15) is 0 Å². The van der Waals surface area contributed by atoms with Gasteiger partial charge in [0.25, 0.3) is 0 Å². The monoisotopic (exact) mass is 384 g/mol. The van der Waals surface area contributed by atoms with Crippen molar-refractivity contribution in [2.45, 2.75) is 41.0 Å². The lowest BCUT2D eigenvalue weighted by atomic mass is 10.1. The van der Waals surface area contributed by atoms with E-state index in [9.17, 15) is 0 Å². The van der Waals surface area contributed by atoms with Gasteiger partial charge in [-0.25, -0.2) is 9.97 Å². The first-order valence-electron chi connectivity index (χ1n) is 9.17. The average Bonchev–Trinajstić information content (AvgIpc) is 2.59. The molecular formula is C20H28N6S. The lowest BCUT2D eigenvalue weighted by Gasteiger charge is -2.16. The van der Waals surface area contributed by atoms with Gasteiger partial charge in [0.15, 0.2) is 5.11 Å². The SMILES string of the molecule is CCc1ccccc1NC(=S)NC(=NCC(C)C)Nc1nc(C)cc(C)n1. The summed E-state index contributed by atoms with van der Waals surface area (Å²) in [6, 6.07) is 10.0. The van der Waals surface area contributed by atoms with Crippen LogP contribution < -0.4 is 16.0 Å². The number of anilines is 2. The van der Waals surface area contributed by atoms with E-state index in [0.29, 0.717) is 29.5 Å². The number of para-hydroxylation sites is 1. The smallest absolute Gasteiger partial charge is 0.229 e. The zero-order valence-corrected chi connectivity index (χ0v) is 17.4. The van der Waals surface area contributed by atoms with Crippen LogP contribution in [0, 0.1) is 19.8 Å². The highest BCUT2D eigenvalue weighted by atomic mass is 32.1. The molecule has 0 aliphatic heterocycles. The number of aryl methyl sites for hydroxylation is 3. The summed E-state index contributed by atoms with van der Waals surface area (Å²) in [5.41, 5.74) is 3.98. The molecule has 0 bridgehead atoms. The standard InChI is InChI=1S/C20H28N6S/c1-6-16-9-7-8-10-17(16)24-20(27)26-18(21-12-13(2)3)25-19-22-14(4)11-15(5)23-19/h7-11,13H,6,12H2,1-5H3,(H3,21,22,23,24,25,26,27). The van der Waals surface area contributed by atoms with E-state index in [-0.39, 0.29) is 0 Å². The lowest BCUT2D eigenvalue weighted by molar-refractivity contribution is 0.664. The van der Waals surface area contributed by atoms with E-state index in [1.165, 1.54) is 5.56 Å². The third-order valence-electron chi connectivity index (χ3n) is 3.71. The van der Waals surface area contributed by atoms with Crippen molar-refractivity contribution in [3.8, 4) is 0 Å². The molecule has 0 spiro atoms. The van der Waals surface area contributed by atoms with Crippen LogP contribution in [-0.4, -0.2) is 27.6 Å². The molecule has 0 radical (unpaired) electrons. The highest BCUT2D eigenvalue weighted by Crippen LogP contribution is 2.15. The highest BCUT2D eigenvalue weighted by molar-refractivity contribution is 7.80. The molecule has 0 aliphatic rings. The minimum atomic E-state index is 0.422. The maximum absolute atomic E-state index is 5.48. The quantitative estimate of drug-likeness (QED) is 0.410. The summed E-state index contributed by atoms with van der Waals surface area (Å²) in [5, 5.41) is 10.0. The fraction of sp³-hybridized carbons (Fsp3) is 0.400. The number of benzene rings is 1. The first-order chi connectivity index (χ1) is 12.9. The molecule has 0 fully saturated rings. The summed E-state index contributed by atoms with van der Waals surface area (Å²) in [4.78, 5) is 13.4. The van der Waals surface area contributed by atoms with E-state index in [4.69, 9.17) is 12.2 Å². The second kappa shape index (κ2) is 9.97. The number of guanidine groups is 1. The topological polar surface area (TPSA) is 74.2 Å². The van der Waals surface area contributed by atoms with E-state index in [0.717, 1.165) is 23.5 Å². The van der Waals surface area contributed by atoms with Gasteiger partial charge in [0, 0.05) is 23.6 Å². The van der Waals surface area contributed by atoms with Crippen molar-refractivity contribution in [2.75, 3.05) is 17.2 Å². The van der Waals surface area contributed by atoms with Gasteiger partial charge >= 0.3 is 0 Å². The number of aromatic nitrogens is 2. The molecule has 7 heteroatoms. The number of aliphatic imine (C=N–C) groups is 1. The van der Waals surface area contributed by atoms with Crippen molar-refractivity contribution in [1.82, 2.24) is 15.3 Å². The van der Waals surface area contributed by atoms with Crippen LogP contribution in [0.25, 0.3) is 0 Å². The lowest BCUT2D eigenvalue weighted by Crippen LogP contribution is -2.39. The van der Waals surface area contributed by atoms with Gasteiger partial charge in [-0.3, -0.25) is 10.3 Å². The average molecular weight is 385 g/mol. The summed E-state index contributed by atoms with van der Waals surface area (Å²) >= 11 is 5.48. The third-order valence-corrected chi connectivity index (χ3v) is 3.91. The van der Waals surface area contributed by atoms with Crippen molar-refractivity contribution in [1.29, 1.82) is 0 Å². The summed E-state index contributed by atoms with van der Waals surface area (Å²) in [6.07, 6.45) is 0.925. The Kier molecular flexibility index (Phi) is 7.67. The molecule has 1 aromatic heterocycles. The second-order valence-corrected chi connectivity index (χ2v) is 7.18. The number of hydrogen-bond donors (Lipinski definition) is 3. The maximum atomic E-state index is 5.48. The summed E-state index contributed by atoms with van der Waals surface area (Å²) < 4.78 is 0. The van der Waals surface area contributed by atoms with Crippen LogP contribution >= 0.6 is 12.2 Å². The Morgan fingerprint density at radius 2 is 1.78 bits per heavy atom. The third kappa shape index (κ3) is 6.94. The van der Waals surface area contributed by atoms with E-state index >= 15 is 0 Å². The molecule has 6 nitrogen and oxygen atoms in total. The molecule has 0 saturated carbocycles. The number of thiocarbonyl (C=S) groups is 1. The number of rotatable bonds is 5. The van der Waals surface area contributed by atoms with E-state index in [2.05, 4.69) is 57.7 Å². The van der Waals surface area contributed by atoms with Gasteiger partial charge in [0.05, 0.1) is 0 Å². The Morgan fingerprint density at radius 3 is 2.41 bits per heavy atom. The molecule has 0 aliphatic carbocycles. The van der Waals surface area contributed by atoms with Crippen LogP contribution in [0.1, 0.15) is 37.7 Å². The Balaban J connectivity index is 2.14. The minimum absolute atomic E-state index is 0.422. The van der Waals surface area contributed by atoms with Crippen LogP contribution in [0.2, 0.25) is 0 Å². The van der Waals surface area contributed by atoms with Crippen molar-refractivity contribution in [3.63, 3.8) is 0 Å². The summed E-state index contributed by atoms with van der Waals surface area (Å²) in [7, 11) is 0. The number of nitrogens with zero attached hydrogens (tertiary/aromatic N) is 3. The Labute approximate surface area is 166 Å². The van der Waals surface area contributed by atoms with Crippen LogP contribution in [0.5, 0.6) is 0 Å². The van der Waals surface area contributed by atoms with Gasteiger partial charge in [0.2, 0.25) is 11.9 Å². The minimum Gasteiger partial charge on any atom is -0.332 e. The molecule has 0 atom stereocenters. The van der Waals surface area contributed by atoms with Gasteiger partial charge in [-0.05, 0) is 56.1 Å². The summed E-state index contributed by atoms with van der Waals surface area (Å²) in [6.45, 7) is 10.9. The normalized spacial score (nSPS) is 11.4. The van der Waals surface area contributed by atoms with E-state index < -0.39 is 0 Å². The van der Waals surface area contributed by atoms with Crippen molar-refractivity contribution in [2.24, 2.45) is 10.9 Å². The molecular weight excluding hydrogens is 356 g/mol. The van der Waals surface area contributed by atoms with Crippen molar-refractivity contribution < 1.29 is 0 Å². The first kappa shape index (κ1) is 20.8. The van der Waals surface area contributed by atoms with Crippen molar-refractivity contribution in [3.05, 3.63) is 47.3 Å². The van der Waals surface area contributed by atoms with Crippen LogP contribution in [-0.2, 0) is 6.42 Å². The molecule has 1 heterocycles. The van der Waals surface area contributed by atoms with Gasteiger partial charge < -0.3 is 10.6 Å². The van der Waals surface area contributed by atoms with Crippen LogP contribution in [0.3, 0.4) is 0 Å². The molecule has 2 aromatic rings. The molecule has 3 N–H and O–H groups in total. The van der Waals surface area contributed by atoms with Crippen LogP contribution in [0.15, 0.2) is 35.3 Å². The maximum Gasteiger partial charge on any atom is 0.229 e. The fourth-order valence-corrected chi connectivity index (χ4v) is 2.69. The second-order valence-electron chi connectivity index (χ2n) is 6.77. The van der Waals surface area contributed by atoms with Gasteiger partial charge in [-0.1, -0.05) is 39.0 Å². The van der Waals surface area contributed by atoms with E-state index in [1.54, 1.807) is 0 Å². The largest absolute Gasteiger partial charge is 0.332 e. The molecule has 0 amide bonds. The van der Waals surface area contributed by atoms with E-state index in [1.807, 2.05) is 38.1 Å². The molecule has 144 valence electrons. The first-order valence-corrected chi connectivity index (χ1v) is 9.57. The zero-order valence-electron chi connectivity index (χ0n) is 16.6. The fourth-order valence-electron chi connectivity index (χ4n) is 2.48. The van der Waals surface area contributed by atoms with Gasteiger partial charge in [-0.2, -0.15) is 0 Å². The zero-order chi connectivity index (χ0) is 19.8. The Morgan fingerprint density at radius 1 is 1.11 bits per heavy atom. The Hall–Kier alpha value is -2.54. The van der Waals surface area contributed by atoms with Gasteiger partial charge in [-0.15, -0.1) is 0 Å². The predicted molar refractivity (Wildman–Crippen MR) is 117 cm³/mol. The molecule has 27 heavy (non-hydrogen) atoms. The number of hydrogen-bond acceptors (Lipinski definition) is 4.